The van der Waals surface area contributed by atoms with Gasteiger partial charge in [-0.1, -0.05) is 11.3 Å². The zero-order valence-corrected chi connectivity index (χ0v) is 12.1. The number of primary sulfonamides is 1. The van der Waals surface area contributed by atoms with Gasteiger partial charge in [0.25, 0.3) is 5.91 Å². The Balaban J connectivity index is 2.29. The van der Waals surface area contributed by atoms with Crippen LogP contribution in [0.1, 0.15) is 9.67 Å². The molecular formula is C9H9N5O5S2. The van der Waals surface area contributed by atoms with E-state index in [0.717, 1.165) is 6.20 Å². The summed E-state index contributed by atoms with van der Waals surface area (Å²) < 4.78 is 23.9. The van der Waals surface area contributed by atoms with Gasteiger partial charge in [-0.15, -0.1) is 0 Å². The van der Waals surface area contributed by atoms with Crippen LogP contribution in [0.15, 0.2) is 23.2 Å². The van der Waals surface area contributed by atoms with Gasteiger partial charge < -0.3 is 5.32 Å². The quantitative estimate of drug-likeness (QED) is 0.607. The topological polar surface area (TPSA) is 150 Å². The molecule has 12 heteroatoms. The summed E-state index contributed by atoms with van der Waals surface area (Å²) in [5.41, 5.74) is 0. The summed E-state index contributed by atoms with van der Waals surface area (Å²) in [7, 11) is -2.59. The average molecular weight is 331 g/mol. The van der Waals surface area contributed by atoms with E-state index in [1.54, 1.807) is 0 Å². The summed E-state index contributed by atoms with van der Waals surface area (Å²) in [6.07, 6.45) is 1.14. The van der Waals surface area contributed by atoms with Crippen molar-refractivity contribution in [1.82, 2.24) is 9.78 Å². The van der Waals surface area contributed by atoms with Crippen molar-refractivity contribution >= 4 is 38.1 Å². The number of carbonyl (C=O) groups excluding carboxylic acids is 1. The molecule has 0 bridgehead atoms. The Morgan fingerprint density at radius 1 is 1.52 bits per heavy atom. The van der Waals surface area contributed by atoms with Crippen LogP contribution in [0.3, 0.4) is 0 Å². The van der Waals surface area contributed by atoms with Gasteiger partial charge in [0.05, 0.1) is 9.80 Å². The van der Waals surface area contributed by atoms with Gasteiger partial charge >= 0.3 is 5.00 Å². The molecule has 2 rings (SSSR count). The van der Waals surface area contributed by atoms with Crippen LogP contribution < -0.4 is 10.5 Å². The van der Waals surface area contributed by atoms with Crippen molar-refractivity contribution in [3.8, 4) is 0 Å². The molecule has 0 spiro atoms. The normalized spacial score (nSPS) is 11.3. The molecule has 0 aromatic carbocycles. The Morgan fingerprint density at radius 2 is 2.19 bits per heavy atom. The summed E-state index contributed by atoms with van der Waals surface area (Å²) >= 11 is 0.662. The van der Waals surface area contributed by atoms with Gasteiger partial charge in [0, 0.05) is 19.3 Å². The molecule has 1 amide bonds. The lowest BCUT2D eigenvalue weighted by atomic mass is 10.4. The standard InChI is InChI=1S/C9H9N5O5S2/c1-13-4-6(21(10,18)19)8(12-13)11-9(15)5-2-3-7(20-5)14(16)17/h2-4H,1H3,(H2,10,18,19)(H,11,12,15). The third kappa shape index (κ3) is 3.24. The van der Waals surface area contributed by atoms with Crippen molar-refractivity contribution in [3.05, 3.63) is 33.3 Å². The van der Waals surface area contributed by atoms with E-state index in [4.69, 9.17) is 5.14 Å². The molecule has 0 unspecified atom stereocenters. The number of amides is 1. The number of aryl methyl sites for hydroxylation is 1. The Hall–Kier alpha value is -2.31. The summed E-state index contributed by atoms with van der Waals surface area (Å²) in [6.45, 7) is 0. The molecule has 0 aliphatic rings. The van der Waals surface area contributed by atoms with Crippen molar-refractivity contribution in [3.63, 3.8) is 0 Å². The molecule has 0 aliphatic heterocycles. The van der Waals surface area contributed by atoms with E-state index in [1.807, 2.05) is 0 Å². The van der Waals surface area contributed by atoms with Gasteiger partial charge in [-0.05, 0) is 6.07 Å². The van der Waals surface area contributed by atoms with Crippen LogP contribution >= 0.6 is 11.3 Å². The second-order valence-corrected chi connectivity index (χ2v) is 6.50. The first-order chi connectivity index (χ1) is 9.68. The van der Waals surface area contributed by atoms with Gasteiger partial charge in [0.2, 0.25) is 10.0 Å². The minimum absolute atomic E-state index is 0.0488. The molecule has 0 radical (unpaired) electrons. The predicted molar refractivity (Wildman–Crippen MR) is 73.5 cm³/mol. The first-order valence-electron chi connectivity index (χ1n) is 5.30. The number of aromatic nitrogens is 2. The number of carbonyl (C=O) groups is 1. The fourth-order valence-corrected chi connectivity index (χ4v) is 2.86. The van der Waals surface area contributed by atoms with E-state index in [2.05, 4.69) is 10.4 Å². The summed E-state index contributed by atoms with van der Waals surface area (Å²) in [5.74, 6) is -0.947. The van der Waals surface area contributed by atoms with Crippen molar-refractivity contribution in [1.29, 1.82) is 0 Å². The minimum Gasteiger partial charge on any atom is -0.303 e. The number of nitrogens with zero attached hydrogens (tertiary/aromatic N) is 3. The largest absolute Gasteiger partial charge is 0.324 e. The van der Waals surface area contributed by atoms with E-state index in [1.165, 1.54) is 23.9 Å². The molecule has 2 heterocycles. The van der Waals surface area contributed by atoms with Crippen LogP contribution in [0.5, 0.6) is 0 Å². The highest BCUT2D eigenvalue weighted by atomic mass is 32.2. The molecule has 2 aromatic heterocycles. The van der Waals surface area contributed by atoms with E-state index >= 15 is 0 Å². The predicted octanol–water partition coefficient (Wildman–Crippen LogP) is 0.290. The number of anilines is 1. The third-order valence-corrected chi connectivity index (χ3v) is 4.28. The van der Waals surface area contributed by atoms with Gasteiger partial charge in [-0.2, -0.15) is 5.10 Å². The average Bonchev–Trinajstić information content (AvgIpc) is 2.94. The SMILES string of the molecule is Cn1cc(S(N)(=O)=O)c(NC(=O)c2ccc([N+](=O)[O-])s2)n1. The van der Waals surface area contributed by atoms with Gasteiger partial charge in [0.1, 0.15) is 4.90 Å². The van der Waals surface area contributed by atoms with Crippen LogP contribution in [0, 0.1) is 10.1 Å². The first kappa shape index (κ1) is 15.1. The summed E-state index contributed by atoms with van der Waals surface area (Å²) in [4.78, 5) is 21.6. The zero-order valence-electron chi connectivity index (χ0n) is 10.5. The van der Waals surface area contributed by atoms with Crippen molar-refractivity contribution in [2.75, 3.05) is 5.32 Å². The molecule has 0 fully saturated rings. The van der Waals surface area contributed by atoms with Crippen molar-refractivity contribution in [2.45, 2.75) is 4.90 Å². The monoisotopic (exact) mass is 331 g/mol. The van der Waals surface area contributed by atoms with E-state index < -0.39 is 20.9 Å². The molecular weight excluding hydrogens is 322 g/mol. The molecule has 10 nitrogen and oxygen atoms in total. The summed E-state index contributed by atoms with van der Waals surface area (Å²) in [6, 6.07) is 2.44. The molecule has 0 saturated heterocycles. The van der Waals surface area contributed by atoms with Crippen LogP contribution in [0.4, 0.5) is 10.8 Å². The number of nitro groups is 1. The first-order valence-corrected chi connectivity index (χ1v) is 7.67. The highest BCUT2D eigenvalue weighted by molar-refractivity contribution is 7.89. The lowest BCUT2D eigenvalue weighted by molar-refractivity contribution is -0.380. The highest BCUT2D eigenvalue weighted by Crippen LogP contribution is 2.25. The maximum Gasteiger partial charge on any atom is 0.324 e. The smallest absolute Gasteiger partial charge is 0.303 e. The molecule has 0 aliphatic carbocycles. The Labute approximate surface area is 122 Å². The molecule has 0 atom stereocenters. The maximum atomic E-state index is 11.9. The fourth-order valence-electron chi connectivity index (χ4n) is 1.48. The Bertz CT molecular complexity index is 821. The Kier molecular flexibility index (Phi) is 3.76. The van der Waals surface area contributed by atoms with Crippen molar-refractivity contribution in [2.24, 2.45) is 12.2 Å². The molecule has 21 heavy (non-hydrogen) atoms. The van der Waals surface area contributed by atoms with Gasteiger partial charge in [-0.3, -0.25) is 19.6 Å². The number of nitrogens with one attached hydrogen (secondary N) is 1. The van der Waals surface area contributed by atoms with E-state index in [9.17, 15) is 23.3 Å². The fraction of sp³-hybridized carbons (Fsp3) is 0.111. The minimum atomic E-state index is -4.05. The third-order valence-electron chi connectivity index (χ3n) is 2.33. The number of rotatable bonds is 4. The Morgan fingerprint density at radius 3 is 2.71 bits per heavy atom. The number of thiophene rings is 1. The van der Waals surface area contributed by atoms with E-state index in [0.29, 0.717) is 11.3 Å². The summed E-state index contributed by atoms with van der Waals surface area (Å²) in [5, 5.41) is 21.4. The molecule has 2 aromatic rings. The second-order valence-electron chi connectivity index (χ2n) is 3.91. The molecule has 0 saturated carbocycles. The van der Waals surface area contributed by atoms with Gasteiger partial charge in [-0.25, -0.2) is 13.6 Å². The number of sulfonamides is 1. The maximum absolute atomic E-state index is 11.9. The van der Waals surface area contributed by atoms with E-state index in [-0.39, 0.29) is 20.6 Å². The highest BCUT2D eigenvalue weighted by Gasteiger charge is 2.22. The van der Waals surface area contributed by atoms with Crippen LogP contribution in [-0.4, -0.2) is 29.0 Å². The van der Waals surface area contributed by atoms with Crippen LogP contribution in [0.25, 0.3) is 0 Å². The molecule has 3 N–H and O–H groups in total. The second kappa shape index (κ2) is 5.23. The van der Waals surface area contributed by atoms with Crippen LogP contribution in [0.2, 0.25) is 0 Å². The van der Waals surface area contributed by atoms with Crippen LogP contribution in [-0.2, 0) is 17.1 Å². The number of hydrogen-bond donors (Lipinski definition) is 2. The lowest BCUT2D eigenvalue weighted by Gasteiger charge is -2.01. The van der Waals surface area contributed by atoms with Gasteiger partial charge in [0.15, 0.2) is 5.82 Å². The lowest BCUT2D eigenvalue weighted by Crippen LogP contribution is -2.17. The zero-order chi connectivity index (χ0) is 15.8. The number of nitrogens with two attached hydrogens (primary N) is 1. The van der Waals surface area contributed by atoms with Crippen molar-refractivity contribution < 1.29 is 18.1 Å². The number of hydrogen-bond acceptors (Lipinski definition) is 7. The molecule has 112 valence electrons.